The Morgan fingerprint density at radius 1 is 1.62 bits per heavy atom. The van der Waals surface area contributed by atoms with Gasteiger partial charge in [0, 0.05) is 22.7 Å². The van der Waals surface area contributed by atoms with Gasteiger partial charge < -0.3 is 5.11 Å². The minimum Gasteiger partial charge on any atom is -0.481 e. The van der Waals surface area contributed by atoms with Crippen molar-refractivity contribution in [1.82, 2.24) is 4.98 Å². The molecule has 1 aromatic rings. The molecule has 16 heavy (non-hydrogen) atoms. The molecule has 1 rings (SSSR count). The van der Waals surface area contributed by atoms with Crippen LogP contribution in [-0.2, 0) is 21.3 Å². The Kier molecular flexibility index (Phi) is 4.61. The molecule has 2 atom stereocenters. The van der Waals surface area contributed by atoms with Crippen molar-refractivity contribution in [2.45, 2.75) is 19.6 Å². The fraction of sp³-hybridized carbons (Fsp3) is 0.455. The van der Waals surface area contributed by atoms with E-state index in [-0.39, 0.29) is 5.75 Å². The molecular formula is C11H15NO3S. The van der Waals surface area contributed by atoms with Gasteiger partial charge in [-0.3, -0.25) is 14.0 Å². The third-order valence-corrected chi connectivity index (χ3v) is 3.74. The van der Waals surface area contributed by atoms with Gasteiger partial charge >= 0.3 is 5.97 Å². The van der Waals surface area contributed by atoms with Crippen molar-refractivity contribution in [2.75, 3.05) is 5.75 Å². The molecule has 88 valence electrons. The molecular weight excluding hydrogens is 226 g/mol. The number of aromatic nitrogens is 1. The summed E-state index contributed by atoms with van der Waals surface area (Å²) < 4.78 is 11.7. The highest BCUT2D eigenvalue weighted by molar-refractivity contribution is 7.84. The summed E-state index contributed by atoms with van der Waals surface area (Å²) in [7, 11) is -1.18. The average molecular weight is 241 g/mol. The predicted molar refractivity (Wildman–Crippen MR) is 62.5 cm³/mol. The maximum absolute atomic E-state index is 11.7. The highest BCUT2D eigenvalue weighted by atomic mass is 32.2. The first kappa shape index (κ1) is 12.8. The zero-order valence-corrected chi connectivity index (χ0v) is 10.2. The molecule has 4 nitrogen and oxygen atoms in total. The Hall–Kier alpha value is -1.23. The summed E-state index contributed by atoms with van der Waals surface area (Å²) >= 11 is 0. The summed E-state index contributed by atoms with van der Waals surface area (Å²) in [6.07, 6.45) is 1.65. The van der Waals surface area contributed by atoms with Crippen LogP contribution in [0.15, 0.2) is 18.3 Å². The largest absolute Gasteiger partial charge is 0.481 e. The number of carboxylic acid groups (broad SMARTS) is 1. The second kappa shape index (κ2) is 5.75. The van der Waals surface area contributed by atoms with E-state index in [1.165, 1.54) is 0 Å². The molecule has 0 amide bonds. The van der Waals surface area contributed by atoms with E-state index in [4.69, 9.17) is 5.11 Å². The Bertz CT molecular complexity index is 406. The van der Waals surface area contributed by atoms with Crippen molar-refractivity contribution in [2.24, 2.45) is 5.92 Å². The highest BCUT2D eigenvalue weighted by Crippen LogP contribution is 2.08. The first-order valence-electron chi connectivity index (χ1n) is 4.99. The van der Waals surface area contributed by atoms with E-state index in [1.54, 1.807) is 13.1 Å². The lowest BCUT2D eigenvalue weighted by Gasteiger charge is -2.07. The van der Waals surface area contributed by atoms with Gasteiger partial charge in [0.15, 0.2) is 0 Å². The quantitative estimate of drug-likeness (QED) is 0.845. The van der Waals surface area contributed by atoms with Gasteiger partial charge in [-0.1, -0.05) is 13.0 Å². The van der Waals surface area contributed by atoms with Crippen LogP contribution in [0.5, 0.6) is 0 Å². The molecule has 1 aromatic heterocycles. The van der Waals surface area contributed by atoms with Crippen LogP contribution in [0.2, 0.25) is 0 Å². The Labute approximate surface area is 97.2 Å². The number of aryl methyl sites for hydroxylation is 1. The maximum Gasteiger partial charge on any atom is 0.307 e. The monoisotopic (exact) mass is 241 g/mol. The van der Waals surface area contributed by atoms with E-state index in [0.717, 1.165) is 11.3 Å². The maximum atomic E-state index is 11.7. The molecule has 1 heterocycles. The van der Waals surface area contributed by atoms with Crippen LogP contribution < -0.4 is 0 Å². The average Bonchev–Trinajstić information content (AvgIpc) is 2.21. The van der Waals surface area contributed by atoms with Crippen LogP contribution in [0.25, 0.3) is 0 Å². The SMILES string of the molecule is Cc1cccnc1CS(=O)CC(C)C(=O)O. The van der Waals surface area contributed by atoms with Gasteiger partial charge in [0.25, 0.3) is 0 Å². The van der Waals surface area contributed by atoms with Crippen LogP contribution in [-0.4, -0.2) is 26.0 Å². The third-order valence-electron chi connectivity index (χ3n) is 2.27. The van der Waals surface area contributed by atoms with Gasteiger partial charge in [0.1, 0.15) is 0 Å². The van der Waals surface area contributed by atoms with E-state index in [0.29, 0.717) is 5.75 Å². The second-order valence-corrected chi connectivity index (χ2v) is 5.26. The summed E-state index contributed by atoms with van der Waals surface area (Å²) in [5, 5.41) is 8.70. The first-order chi connectivity index (χ1) is 7.50. The topological polar surface area (TPSA) is 67.3 Å². The molecule has 0 fully saturated rings. The van der Waals surface area contributed by atoms with Crippen molar-refractivity contribution in [3.05, 3.63) is 29.6 Å². The predicted octanol–water partition coefficient (Wildman–Crippen LogP) is 1.36. The number of carboxylic acids is 1. The zero-order valence-electron chi connectivity index (χ0n) is 9.34. The van der Waals surface area contributed by atoms with Gasteiger partial charge in [-0.15, -0.1) is 0 Å². The number of rotatable bonds is 5. The van der Waals surface area contributed by atoms with Gasteiger partial charge in [0.05, 0.1) is 17.4 Å². The number of pyridine rings is 1. The fourth-order valence-corrected chi connectivity index (χ4v) is 2.66. The van der Waals surface area contributed by atoms with Crippen molar-refractivity contribution in [3.63, 3.8) is 0 Å². The van der Waals surface area contributed by atoms with E-state index in [2.05, 4.69) is 4.98 Å². The van der Waals surface area contributed by atoms with Crippen LogP contribution in [0.4, 0.5) is 0 Å². The Morgan fingerprint density at radius 2 is 2.31 bits per heavy atom. The lowest BCUT2D eigenvalue weighted by atomic mass is 10.2. The number of hydrogen-bond acceptors (Lipinski definition) is 3. The second-order valence-electron chi connectivity index (χ2n) is 3.76. The molecule has 0 aromatic carbocycles. The van der Waals surface area contributed by atoms with Crippen molar-refractivity contribution in [3.8, 4) is 0 Å². The van der Waals surface area contributed by atoms with Gasteiger partial charge in [-0.25, -0.2) is 0 Å². The molecule has 5 heteroatoms. The zero-order chi connectivity index (χ0) is 12.1. The first-order valence-corrected chi connectivity index (χ1v) is 6.47. The van der Waals surface area contributed by atoms with Crippen LogP contribution in [0, 0.1) is 12.8 Å². The Morgan fingerprint density at radius 3 is 2.88 bits per heavy atom. The molecule has 0 radical (unpaired) electrons. The molecule has 0 aliphatic rings. The van der Waals surface area contributed by atoms with Crippen molar-refractivity contribution >= 4 is 16.8 Å². The number of nitrogens with zero attached hydrogens (tertiary/aromatic N) is 1. The van der Waals surface area contributed by atoms with Crippen molar-refractivity contribution in [1.29, 1.82) is 0 Å². The van der Waals surface area contributed by atoms with Crippen molar-refractivity contribution < 1.29 is 14.1 Å². The van der Waals surface area contributed by atoms with Gasteiger partial charge in [-0.2, -0.15) is 0 Å². The molecule has 0 aliphatic heterocycles. The molecule has 0 spiro atoms. The summed E-state index contributed by atoms with van der Waals surface area (Å²) in [5.41, 5.74) is 1.76. The number of aliphatic carboxylic acids is 1. The minimum absolute atomic E-state index is 0.172. The van der Waals surface area contributed by atoms with E-state index in [9.17, 15) is 9.00 Å². The minimum atomic E-state index is -1.18. The number of hydrogen-bond donors (Lipinski definition) is 1. The third kappa shape index (κ3) is 3.73. The summed E-state index contributed by atoms with van der Waals surface area (Å²) in [6, 6.07) is 3.72. The molecule has 0 saturated carbocycles. The van der Waals surface area contributed by atoms with Gasteiger partial charge in [-0.05, 0) is 18.6 Å². The summed E-state index contributed by atoms with van der Waals surface area (Å²) in [5.74, 6) is -0.994. The molecule has 2 unspecified atom stereocenters. The fourth-order valence-electron chi connectivity index (χ4n) is 1.23. The number of carbonyl (C=O) groups is 1. The highest BCUT2D eigenvalue weighted by Gasteiger charge is 2.15. The molecule has 0 aliphatic carbocycles. The summed E-state index contributed by atoms with van der Waals surface area (Å²) in [6.45, 7) is 3.46. The lowest BCUT2D eigenvalue weighted by Crippen LogP contribution is -2.18. The van der Waals surface area contributed by atoms with Gasteiger partial charge in [0.2, 0.25) is 0 Å². The normalized spacial score (nSPS) is 14.4. The smallest absolute Gasteiger partial charge is 0.307 e. The van der Waals surface area contributed by atoms with E-state index >= 15 is 0 Å². The summed E-state index contributed by atoms with van der Waals surface area (Å²) in [4.78, 5) is 14.7. The van der Waals surface area contributed by atoms with E-state index < -0.39 is 22.7 Å². The molecule has 0 bridgehead atoms. The standard InChI is InChI=1S/C11H15NO3S/c1-8-4-3-5-12-10(8)7-16(15)6-9(2)11(13)14/h3-5,9H,6-7H2,1-2H3,(H,13,14). The van der Waals surface area contributed by atoms with E-state index in [1.807, 2.05) is 19.1 Å². The lowest BCUT2D eigenvalue weighted by molar-refractivity contribution is -0.140. The Balaban J connectivity index is 2.59. The molecule has 1 N–H and O–H groups in total. The van der Waals surface area contributed by atoms with Crippen LogP contribution in [0.3, 0.4) is 0 Å². The molecule has 0 saturated heterocycles. The van der Waals surface area contributed by atoms with Crippen LogP contribution in [0.1, 0.15) is 18.2 Å². The van der Waals surface area contributed by atoms with Crippen LogP contribution >= 0.6 is 0 Å².